The second kappa shape index (κ2) is 7.94. The van der Waals surface area contributed by atoms with Crippen molar-refractivity contribution in [1.29, 1.82) is 0 Å². The largest absolute Gasteiger partial charge is 0.339 e. The molecule has 2 amide bonds. The number of amides is 2. The zero-order valence-corrected chi connectivity index (χ0v) is 17.5. The van der Waals surface area contributed by atoms with E-state index in [1.807, 2.05) is 21.9 Å². The molecule has 2 aliphatic carbocycles. The van der Waals surface area contributed by atoms with Crippen molar-refractivity contribution in [2.24, 2.45) is 5.92 Å². The lowest BCUT2D eigenvalue weighted by atomic mass is 9.63. The molecule has 1 aromatic rings. The SMILES string of the molecule is O=C(CC1CCCC1)N1CCN(C(=O)C2(c3ccc(Br)cc3)CCC2)CC1. The number of carbonyl (C=O) groups excluding carboxylic acids is 2. The van der Waals surface area contributed by atoms with Gasteiger partial charge < -0.3 is 9.80 Å². The average Bonchev–Trinajstić information content (AvgIpc) is 3.15. The standard InChI is InChI=1S/C22H29BrN2O2/c23-19-8-6-18(7-9-19)22(10-3-11-22)21(27)25-14-12-24(13-15-25)20(26)16-17-4-1-2-5-17/h6-9,17H,1-5,10-16H2. The molecule has 1 saturated heterocycles. The molecule has 0 aromatic heterocycles. The molecule has 0 unspecified atom stereocenters. The number of rotatable bonds is 4. The Morgan fingerprint density at radius 3 is 2.07 bits per heavy atom. The fourth-order valence-corrected chi connectivity index (χ4v) is 5.24. The van der Waals surface area contributed by atoms with Gasteiger partial charge >= 0.3 is 0 Å². The van der Waals surface area contributed by atoms with E-state index in [4.69, 9.17) is 0 Å². The van der Waals surface area contributed by atoms with Crippen LogP contribution in [0.15, 0.2) is 28.7 Å². The Kier molecular flexibility index (Phi) is 5.58. The third-order valence-corrected chi connectivity index (χ3v) is 7.40. The fourth-order valence-electron chi connectivity index (χ4n) is 4.98. The van der Waals surface area contributed by atoms with Crippen LogP contribution in [0.3, 0.4) is 0 Å². The highest BCUT2D eigenvalue weighted by Gasteiger charge is 2.48. The Morgan fingerprint density at radius 1 is 0.926 bits per heavy atom. The topological polar surface area (TPSA) is 40.6 Å². The number of carbonyl (C=O) groups is 2. The lowest BCUT2D eigenvalue weighted by molar-refractivity contribution is -0.146. The maximum atomic E-state index is 13.4. The van der Waals surface area contributed by atoms with Crippen LogP contribution >= 0.6 is 15.9 Å². The second-order valence-corrected chi connectivity index (χ2v) is 9.39. The molecule has 0 bridgehead atoms. The van der Waals surface area contributed by atoms with Gasteiger partial charge in [-0.2, -0.15) is 0 Å². The van der Waals surface area contributed by atoms with Crippen LogP contribution in [0.2, 0.25) is 0 Å². The summed E-state index contributed by atoms with van der Waals surface area (Å²) in [6, 6.07) is 8.23. The van der Waals surface area contributed by atoms with E-state index < -0.39 is 0 Å². The molecule has 1 aromatic carbocycles. The Morgan fingerprint density at radius 2 is 1.52 bits per heavy atom. The molecule has 1 aliphatic heterocycles. The van der Waals surface area contributed by atoms with Gasteiger partial charge in [0.05, 0.1) is 5.41 Å². The first-order valence-electron chi connectivity index (χ1n) is 10.4. The van der Waals surface area contributed by atoms with Gasteiger partial charge in [-0.3, -0.25) is 9.59 Å². The minimum Gasteiger partial charge on any atom is -0.339 e. The van der Waals surface area contributed by atoms with Crippen LogP contribution < -0.4 is 0 Å². The van der Waals surface area contributed by atoms with Crippen molar-refractivity contribution in [2.45, 2.75) is 56.8 Å². The minimum absolute atomic E-state index is 0.263. The highest BCUT2D eigenvalue weighted by atomic mass is 79.9. The van der Waals surface area contributed by atoms with E-state index in [9.17, 15) is 9.59 Å². The van der Waals surface area contributed by atoms with Gasteiger partial charge in [0, 0.05) is 37.1 Å². The number of piperazine rings is 1. The van der Waals surface area contributed by atoms with Crippen molar-refractivity contribution in [3.05, 3.63) is 34.3 Å². The maximum absolute atomic E-state index is 13.4. The molecule has 5 heteroatoms. The minimum atomic E-state index is -0.337. The molecular weight excluding hydrogens is 404 g/mol. The molecule has 4 rings (SSSR count). The van der Waals surface area contributed by atoms with Crippen molar-refractivity contribution in [2.75, 3.05) is 26.2 Å². The van der Waals surface area contributed by atoms with Crippen LogP contribution in [-0.4, -0.2) is 47.8 Å². The summed E-state index contributed by atoms with van der Waals surface area (Å²) in [6.45, 7) is 2.72. The molecule has 0 atom stereocenters. The molecule has 0 N–H and O–H groups in total. The molecular formula is C22H29BrN2O2. The van der Waals surface area contributed by atoms with Crippen molar-refractivity contribution < 1.29 is 9.59 Å². The highest BCUT2D eigenvalue weighted by molar-refractivity contribution is 9.10. The molecule has 3 fully saturated rings. The Bertz CT molecular complexity index is 685. The zero-order valence-electron chi connectivity index (χ0n) is 16.0. The van der Waals surface area contributed by atoms with Gasteiger partial charge in [0.15, 0.2) is 0 Å². The number of nitrogens with zero attached hydrogens (tertiary/aromatic N) is 2. The summed E-state index contributed by atoms with van der Waals surface area (Å²) in [5, 5.41) is 0. The quantitative estimate of drug-likeness (QED) is 0.717. The maximum Gasteiger partial charge on any atom is 0.233 e. The first kappa shape index (κ1) is 19.0. The Labute approximate surface area is 170 Å². The first-order valence-corrected chi connectivity index (χ1v) is 11.2. The van der Waals surface area contributed by atoms with E-state index in [2.05, 4.69) is 28.1 Å². The summed E-state index contributed by atoms with van der Waals surface area (Å²) in [5.41, 5.74) is 0.804. The second-order valence-electron chi connectivity index (χ2n) is 8.47. The van der Waals surface area contributed by atoms with Gasteiger partial charge in [0.1, 0.15) is 0 Å². The molecule has 0 radical (unpaired) electrons. The third-order valence-electron chi connectivity index (χ3n) is 6.87. The molecule has 1 heterocycles. The summed E-state index contributed by atoms with van der Waals surface area (Å²) in [5.74, 6) is 1.15. The number of hydrogen-bond donors (Lipinski definition) is 0. The average molecular weight is 433 g/mol. The predicted molar refractivity (Wildman–Crippen MR) is 109 cm³/mol. The predicted octanol–water partition coefficient (Wildman–Crippen LogP) is 4.12. The van der Waals surface area contributed by atoms with Gasteiger partial charge in [-0.25, -0.2) is 0 Å². The molecule has 0 spiro atoms. The number of halogens is 1. The summed E-state index contributed by atoms with van der Waals surface area (Å²) < 4.78 is 1.04. The normalized spacial score (nSPS) is 22.6. The zero-order chi connectivity index (χ0) is 18.9. The summed E-state index contributed by atoms with van der Waals surface area (Å²) in [4.78, 5) is 29.9. The van der Waals surface area contributed by atoms with Gasteiger partial charge in [0.25, 0.3) is 0 Å². The lowest BCUT2D eigenvalue weighted by Crippen LogP contribution is -2.57. The first-order chi connectivity index (χ1) is 13.1. The third kappa shape index (κ3) is 3.80. The van der Waals surface area contributed by atoms with Gasteiger partial charge in [0.2, 0.25) is 11.8 Å². The Balaban J connectivity index is 1.36. The smallest absolute Gasteiger partial charge is 0.233 e. The molecule has 146 valence electrons. The van der Waals surface area contributed by atoms with Crippen molar-refractivity contribution in [1.82, 2.24) is 9.80 Å². The van der Waals surface area contributed by atoms with Crippen LogP contribution in [0, 0.1) is 5.92 Å². The Hall–Kier alpha value is -1.36. The highest BCUT2D eigenvalue weighted by Crippen LogP contribution is 2.45. The monoisotopic (exact) mass is 432 g/mol. The van der Waals surface area contributed by atoms with Gasteiger partial charge in [-0.1, -0.05) is 47.3 Å². The fraction of sp³-hybridized carbons (Fsp3) is 0.636. The van der Waals surface area contributed by atoms with Crippen LogP contribution in [0.5, 0.6) is 0 Å². The van der Waals surface area contributed by atoms with E-state index in [-0.39, 0.29) is 11.3 Å². The number of benzene rings is 1. The van der Waals surface area contributed by atoms with E-state index >= 15 is 0 Å². The molecule has 4 nitrogen and oxygen atoms in total. The van der Waals surface area contributed by atoms with Crippen LogP contribution in [0.1, 0.15) is 56.9 Å². The van der Waals surface area contributed by atoms with E-state index in [0.29, 0.717) is 44.4 Å². The van der Waals surface area contributed by atoms with Crippen molar-refractivity contribution in [3.63, 3.8) is 0 Å². The van der Waals surface area contributed by atoms with Gasteiger partial charge in [-0.15, -0.1) is 0 Å². The van der Waals surface area contributed by atoms with E-state index in [1.165, 1.54) is 25.7 Å². The summed E-state index contributed by atoms with van der Waals surface area (Å²) in [6.07, 6.45) is 8.66. The molecule has 27 heavy (non-hydrogen) atoms. The lowest BCUT2D eigenvalue weighted by Gasteiger charge is -2.46. The van der Waals surface area contributed by atoms with Gasteiger partial charge in [-0.05, 0) is 49.3 Å². The van der Waals surface area contributed by atoms with Crippen LogP contribution in [0.25, 0.3) is 0 Å². The van der Waals surface area contributed by atoms with Crippen molar-refractivity contribution in [3.8, 4) is 0 Å². The number of hydrogen-bond acceptors (Lipinski definition) is 2. The van der Waals surface area contributed by atoms with E-state index in [0.717, 1.165) is 29.3 Å². The summed E-state index contributed by atoms with van der Waals surface area (Å²) >= 11 is 3.48. The van der Waals surface area contributed by atoms with E-state index in [1.54, 1.807) is 0 Å². The molecule has 2 saturated carbocycles. The molecule has 3 aliphatic rings. The van der Waals surface area contributed by atoms with Crippen LogP contribution in [0.4, 0.5) is 0 Å². The summed E-state index contributed by atoms with van der Waals surface area (Å²) in [7, 11) is 0. The van der Waals surface area contributed by atoms with Crippen molar-refractivity contribution >= 4 is 27.7 Å². The van der Waals surface area contributed by atoms with Crippen LogP contribution in [-0.2, 0) is 15.0 Å².